The molecule has 25 heavy (non-hydrogen) atoms. The van der Waals surface area contributed by atoms with Crippen molar-refractivity contribution in [3.63, 3.8) is 0 Å². The molecule has 0 radical (unpaired) electrons. The van der Waals surface area contributed by atoms with Gasteiger partial charge in [-0.15, -0.1) is 0 Å². The monoisotopic (exact) mass is 345 g/mol. The Bertz CT molecular complexity index is 732. The van der Waals surface area contributed by atoms with Gasteiger partial charge in [0.25, 0.3) is 0 Å². The van der Waals surface area contributed by atoms with Crippen LogP contribution in [0.15, 0.2) is 23.4 Å². The third-order valence-electron chi connectivity index (χ3n) is 3.96. The summed E-state index contributed by atoms with van der Waals surface area (Å²) < 4.78 is 16.1. The first-order valence-electron chi connectivity index (χ1n) is 7.79. The number of carbonyl (C=O) groups is 1. The summed E-state index contributed by atoms with van der Waals surface area (Å²) in [4.78, 5) is 12.1. The van der Waals surface area contributed by atoms with Crippen LogP contribution in [0.3, 0.4) is 0 Å². The molecule has 0 saturated heterocycles. The Hall–Kier alpha value is -2.88. The van der Waals surface area contributed by atoms with E-state index in [4.69, 9.17) is 14.2 Å². The molecule has 0 unspecified atom stereocenters. The second-order valence-corrected chi connectivity index (χ2v) is 6.64. The van der Waals surface area contributed by atoms with E-state index in [1.54, 1.807) is 12.1 Å². The van der Waals surface area contributed by atoms with E-state index in [-0.39, 0.29) is 11.4 Å². The maximum absolute atomic E-state index is 12.1. The Morgan fingerprint density at radius 3 is 2.04 bits per heavy atom. The summed E-state index contributed by atoms with van der Waals surface area (Å²) in [7, 11) is 4.55. The zero-order valence-electron chi connectivity index (χ0n) is 15.3. The molecule has 134 valence electrons. The number of nitrogens with one attached hydrogen (secondary N) is 2. The second-order valence-electron chi connectivity index (χ2n) is 6.64. The molecule has 2 amide bonds. The molecule has 2 rings (SSSR count). The molecule has 0 fully saturated rings. The zero-order valence-corrected chi connectivity index (χ0v) is 15.3. The standard InChI is InChI=1S/C18H23N3O4/c1-18(2,3)16-11(9-19)14(20-17(22)21-16)10-7-12(23-4)15(25-6)13(8-10)24-5/h7-8,14H,1-6H3,(H2,20,21,22)/t14-/m1/s1. The lowest BCUT2D eigenvalue weighted by molar-refractivity contribution is 0.235. The number of allylic oxidation sites excluding steroid dienone is 1. The summed E-state index contributed by atoms with van der Waals surface area (Å²) in [5.41, 5.74) is 1.32. The van der Waals surface area contributed by atoms with Crippen molar-refractivity contribution >= 4 is 6.03 Å². The van der Waals surface area contributed by atoms with Gasteiger partial charge in [0.15, 0.2) is 11.5 Å². The fourth-order valence-corrected chi connectivity index (χ4v) is 2.79. The predicted molar refractivity (Wildman–Crippen MR) is 92.6 cm³/mol. The van der Waals surface area contributed by atoms with Gasteiger partial charge in [-0.1, -0.05) is 20.8 Å². The molecule has 7 heteroatoms. The van der Waals surface area contributed by atoms with Crippen molar-refractivity contribution in [1.82, 2.24) is 10.6 Å². The molecule has 2 N–H and O–H groups in total. The van der Waals surface area contributed by atoms with Crippen LogP contribution in [0.1, 0.15) is 32.4 Å². The minimum atomic E-state index is -0.610. The lowest BCUT2D eigenvalue weighted by Crippen LogP contribution is -2.46. The molecule has 1 aromatic rings. The molecular weight excluding hydrogens is 322 g/mol. The van der Waals surface area contributed by atoms with Crippen molar-refractivity contribution in [2.24, 2.45) is 5.41 Å². The van der Waals surface area contributed by atoms with Gasteiger partial charge in [0.2, 0.25) is 5.75 Å². The summed E-state index contributed by atoms with van der Waals surface area (Å²) in [6.45, 7) is 5.83. The number of benzene rings is 1. The van der Waals surface area contributed by atoms with E-state index in [1.165, 1.54) is 21.3 Å². The maximum Gasteiger partial charge on any atom is 0.319 e. The molecule has 0 bridgehead atoms. The average Bonchev–Trinajstić information content (AvgIpc) is 2.58. The molecule has 0 aliphatic carbocycles. The Labute approximate surface area is 147 Å². The Morgan fingerprint density at radius 1 is 1.08 bits per heavy atom. The Morgan fingerprint density at radius 2 is 1.64 bits per heavy atom. The molecule has 1 atom stereocenters. The highest BCUT2D eigenvalue weighted by Gasteiger charge is 2.34. The molecule has 7 nitrogen and oxygen atoms in total. The van der Waals surface area contributed by atoms with Crippen molar-refractivity contribution in [2.45, 2.75) is 26.8 Å². The van der Waals surface area contributed by atoms with Crippen LogP contribution < -0.4 is 24.8 Å². The fraction of sp³-hybridized carbons (Fsp3) is 0.444. The number of amides is 2. The summed E-state index contributed by atoms with van der Waals surface area (Å²) in [6, 6.07) is 4.72. The molecule has 1 aliphatic rings. The van der Waals surface area contributed by atoms with Crippen molar-refractivity contribution < 1.29 is 19.0 Å². The minimum Gasteiger partial charge on any atom is -0.493 e. The molecular formula is C18H23N3O4. The number of nitriles is 1. The molecule has 1 heterocycles. The SMILES string of the molecule is COc1cc([C@H]2NC(=O)NC(C(C)(C)C)=C2C#N)cc(OC)c1OC. The minimum absolute atomic E-state index is 0.359. The van der Waals surface area contributed by atoms with Gasteiger partial charge in [0, 0.05) is 11.1 Å². The number of nitrogens with zero attached hydrogens (tertiary/aromatic N) is 1. The molecule has 0 aromatic heterocycles. The van der Waals surface area contributed by atoms with E-state index in [1.807, 2.05) is 20.8 Å². The highest BCUT2D eigenvalue weighted by Crippen LogP contribution is 2.42. The number of ether oxygens (including phenoxy) is 3. The van der Waals surface area contributed by atoms with Gasteiger partial charge >= 0.3 is 6.03 Å². The van der Waals surface area contributed by atoms with Crippen LogP contribution in [-0.4, -0.2) is 27.4 Å². The lowest BCUT2D eigenvalue weighted by atomic mass is 9.84. The van der Waals surface area contributed by atoms with Gasteiger partial charge in [-0.25, -0.2) is 4.79 Å². The smallest absolute Gasteiger partial charge is 0.319 e. The van der Waals surface area contributed by atoms with E-state index >= 15 is 0 Å². The van der Waals surface area contributed by atoms with Gasteiger partial charge in [-0.2, -0.15) is 5.26 Å². The summed E-state index contributed by atoms with van der Waals surface area (Å²) >= 11 is 0. The summed E-state index contributed by atoms with van der Waals surface area (Å²) in [5, 5.41) is 15.3. The first kappa shape index (κ1) is 18.5. The van der Waals surface area contributed by atoms with Crippen molar-refractivity contribution in [1.29, 1.82) is 5.26 Å². The quantitative estimate of drug-likeness (QED) is 0.875. The summed E-state index contributed by atoms with van der Waals surface area (Å²) in [5.74, 6) is 1.37. The number of urea groups is 1. The van der Waals surface area contributed by atoms with Crippen LogP contribution in [0.25, 0.3) is 0 Å². The highest BCUT2D eigenvalue weighted by molar-refractivity contribution is 5.80. The first-order chi connectivity index (χ1) is 11.8. The van der Waals surface area contributed by atoms with Crippen molar-refractivity contribution in [2.75, 3.05) is 21.3 Å². The van der Waals surface area contributed by atoms with Gasteiger partial charge in [-0.05, 0) is 17.7 Å². The van der Waals surface area contributed by atoms with Gasteiger partial charge in [0.05, 0.1) is 39.0 Å². The lowest BCUT2D eigenvalue weighted by Gasteiger charge is -2.33. The topological polar surface area (TPSA) is 92.6 Å². The Kier molecular flexibility index (Phi) is 5.12. The van der Waals surface area contributed by atoms with E-state index in [2.05, 4.69) is 16.7 Å². The number of hydrogen-bond acceptors (Lipinski definition) is 5. The van der Waals surface area contributed by atoms with E-state index in [0.29, 0.717) is 34.1 Å². The van der Waals surface area contributed by atoms with Crippen LogP contribution in [0.2, 0.25) is 0 Å². The van der Waals surface area contributed by atoms with Crippen LogP contribution in [-0.2, 0) is 0 Å². The van der Waals surface area contributed by atoms with Crippen molar-refractivity contribution in [3.8, 4) is 23.3 Å². The van der Waals surface area contributed by atoms with E-state index < -0.39 is 6.04 Å². The van der Waals surface area contributed by atoms with E-state index in [9.17, 15) is 10.1 Å². The van der Waals surface area contributed by atoms with Gasteiger partial charge < -0.3 is 24.8 Å². The number of carbonyl (C=O) groups excluding carboxylic acids is 1. The van der Waals surface area contributed by atoms with Crippen LogP contribution >= 0.6 is 0 Å². The predicted octanol–water partition coefficient (Wildman–Crippen LogP) is 2.89. The Balaban J connectivity index is 2.67. The number of rotatable bonds is 4. The first-order valence-corrected chi connectivity index (χ1v) is 7.79. The summed E-state index contributed by atoms with van der Waals surface area (Å²) in [6.07, 6.45) is 0. The third kappa shape index (κ3) is 3.48. The number of hydrogen-bond donors (Lipinski definition) is 2. The van der Waals surface area contributed by atoms with Gasteiger partial charge in [-0.3, -0.25) is 0 Å². The third-order valence-corrected chi connectivity index (χ3v) is 3.96. The van der Waals surface area contributed by atoms with E-state index in [0.717, 1.165) is 0 Å². The van der Waals surface area contributed by atoms with Gasteiger partial charge in [0.1, 0.15) is 0 Å². The van der Waals surface area contributed by atoms with Crippen molar-refractivity contribution in [3.05, 3.63) is 29.0 Å². The molecule has 0 saturated carbocycles. The fourth-order valence-electron chi connectivity index (χ4n) is 2.79. The van der Waals surface area contributed by atoms with Crippen LogP contribution in [0, 0.1) is 16.7 Å². The van der Waals surface area contributed by atoms with Crippen LogP contribution in [0.5, 0.6) is 17.2 Å². The largest absolute Gasteiger partial charge is 0.493 e. The number of methoxy groups -OCH3 is 3. The molecule has 1 aliphatic heterocycles. The van der Waals surface area contributed by atoms with Crippen LogP contribution in [0.4, 0.5) is 4.79 Å². The highest BCUT2D eigenvalue weighted by atomic mass is 16.5. The zero-order chi connectivity index (χ0) is 18.8. The maximum atomic E-state index is 12.1. The average molecular weight is 345 g/mol. The second kappa shape index (κ2) is 6.93. The normalized spacial score (nSPS) is 17.3. The molecule has 0 spiro atoms. The molecule has 1 aromatic carbocycles.